The third kappa shape index (κ3) is 2.97. The first-order valence-electron chi connectivity index (χ1n) is 7.55. The summed E-state index contributed by atoms with van der Waals surface area (Å²) in [7, 11) is 0. The second kappa shape index (κ2) is 6.11. The first-order chi connectivity index (χ1) is 9.74. The van der Waals surface area contributed by atoms with E-state index in [0.717, 1.165) is 24.9 Å². The van der Waals surface area contributed by atoms with Crippen LogP contribution in [0.15, 0.2) is 36.4 Å². The Morgan fingerprint density at radius 1 is 1.20 bits per heavy atom. The van der Waals surface area contributed by atoms with Crippen LogP contribution in [0.5, 0.6) is 0 Å². The lowest BCUT2D eigenvalue weighted by molar-refractivity contribution is 0.324. The highest BCUT2D eigenvalue weighted by Gasteiger charge is 2.28. The van der Waals surface area contributed by atoms with Crippen LogP contribution >= 0.6 is 11.3 Å². The lowest BCUT2D eigenvalue weighted by Crippen LogP contribution is -2.36. The van der Waals surface area contributed by atoms with E-state index < -0.39 is 0 Å². The highest BCUT2D eigenvalue weighted by atomic mass is 32.1. The Labute approximate surface area is 126 Å². The van der Waals surface area contributed by atoms with E-state index in [4.69, 9.17) is 0 Å². The fraction of sp³-hybridized carbons (Fsp3) is 0.444. The number of thiophene rings is 1. The zero-order valence-electron chi connectivity index (χ0n) is 12.4. The van der Waals surface area contributed by atoms with Crippen LogP contribution in [-0.4, -0.2) is 13.1 Å². The van der Waals surface area contributed by atoms with Crippen molar-refractivity contribution in [2.24, 2.45) is 5.92 Å². The SMILES string of the molecule is Cc1cc(C2CCNCC2Cc2ccccc2)c(C)s1. The topological polar surface area (TPSA) is 12.0 Å². The average Bonchev–Trinajstić information content (AvgIpc) is 2.79. The molecule has 0 aliphatic carbocycles. The number of hydrogen-bond donors (Lipinski definition) is 1. The number of piperidine rings is 1. The van der Waals surface area contributed by atoms with E-state index in [1.807, 2.05) is 11.3 Å². The molecule has 0 amide bonds. The monoisotopic (exact) mass is 285 g/mol. The molecule has 1 nitrogen and oxygen atoms in total. The summed E-state index contributed by atoms with van der Waals surface area (Å²) in [4.78, 5) is 2.97. The van der Waals surface area contributed by atoms with Crippen molar-refractivity contribution in [1.29, 1.82) is 0 Å². The van der Waals surface area contributed by atoms with Crippen molar-refractivity contribution < 1.29 is 0 Å². The van der Waals surface area contributed by atoms with Gasteiger partial charge in [-0.05, 0) is 68.8 Å². The van der Waals surface area contributed by atoms with Crippen LogP contribution in [0.3, 0.4) is 0 Å². The molecule has 0 spiro atoms. The standard InChI is InChI=1S/C18H23NS/c1-13-10-18(14(2)20-13)17-8-9-19-12-16(17)11-15-6-4-3-5-7-15/h3-7,10,16-17,19H,8-9,11-12H2,1-2H3. The second-order valence-electron chi connectivity index (χ2n) is 5.92. The highest BCUT2D eigenvalue weighted by molar-refractivity contribution is 7.12. The Kier molecular flexibility index (Phi) is 4.23. The van der Waals surface area contributed by atoms with Gasteiger partial charge >= 0.3 is 0 Å². The number of benzene rings is 1. The Morgan fingerprint density at radius 3 is 2.70 bits per heavy atom. The number of rotatable bonds is 3. The van der Waals surface area contributed by atoms with Crippen molar-refractivity contribution in [2.75, 3.05) is 13.1 Å². The van der Waals surface area contributed by atoms with Gasteiger partial charge in [-0.3, -0.25) is 0 Å². The predicted octanol–water partition coefficient (Wildman–Crippen LogP) is 4.30. The van der Waals surface area contributed by atoms with Crippen molar-refractivity contribution in [2.45, 2.75) is 32.6 Å². The fourth-order valence-corrected chi connectivity index (χ4v) is 4.48. The zero-order chi connectivity index (χ0) is 13.9. The molecule has 1 aliphatic heterocycles. The lowest BCUT2D eigenvalue weighted by Gasteiger charge is -2.32. The predicted molar refractivity (Wildman–Crippen MR) is 87.7 cm³/mol. The van der Waals surface area contributed by atoms with Crippen LogP contribution in [0.2, 0.25) is 0 Å². The summed E-state index contributed by atoms with van der Waals surface area (Å²) in [6.45, 7) is 6.82. The molecule has 1 aromatic heterocycles. The Bertz CT molecular complexity index is 558. The van der Waals surface area contributed by atoms with Gasteiger partial charge in [-0.2, -0.15) is 0 Å². The minimum atomic E-state index is 0.721. The maximum Gasteiger partial charge on any atom is 0.00519 e. The molecule has 1 aromatic carbocycles. The molecule has 0 saturated carbocycles. The highest BCUT2D eigenvalue weighted by Crippen LogP contribution is 2.37. The maximum atomic E-state index is 3.58. The molecule has 106 valence electrons. The van der Waals surface area contributed by atoms with Crippen molar-refractivity contribution >= 4 is 11.3 Å². The van der Waals surface area contributed by atoms with E-state index >= 15 is 0 Å². The molecule has 0 bridgehead atoms. The molecule has 2 atom stereocenters. The first-order valence-corrected chi connectivity index (χ1v) is 8.37. The van der Waals surface area contributed by atoms with Gasteiger partial charge in [-0.1, -0.05) is 30.3 Å². The molecule has 1 saturated heterocycles. The average molecular weight is 285 g/mol. The van der Waals surface area contributed by atoms with E-state index in [9.17, 15) is 0 Å². The van der Waals surface area contributed by atoms with Gasteiger partial charge in [-0.25, -0.2) is 0 Å². The van der Waals surface area contributed by atoms with Crippen LogP contribution < -0.4 is 5.32 Å². The summed E-state index contributed by atoms with van der Waals surface area (Å²) in [6.07, 6.45) is 2.46. The molecule has 2 heterocycles. The molecule has 3 rings (SSSR count). The molecule has 2 unspecified atom stereocenters. The van der Waals surface area contributed by atoms with Gasteiger partial charge < -0.3 is 5.32 Å². The summed E-state index contributed by atoms with van der Waals surface area (Å²) < 4.78 is 0. The van der Waals surface area contributed by atoms with Crippen LogP contribution in [0, 0.1) is 19.8 Å². The summed E-state index contributed by atoms with van der Waals surface area (Å²) in [5, 5.41) is 3.58. The largest absolute Gasteiger partial charge is 0.316 e. The van der Waals surface area contributed by atoms with E-state index in [1.165, 1.54) is 28.2 Å². The second-order valence-corrected chi connectivity index (χ2v) is 7.38. The van der Waals surface area contributed by atoms with E-state index in [1.54, 1.807) is 5.56 Å². The van der Waals surface area contributed by atoms with E-state index in [0.29, 0.717) is 0 Å². The minimum absolute atomic E-state index is 0.721. The van der Waals surface area contributed by atoms with Gasteiger partial charge in [0.2, 0.25) is 0 Å². The van der Waals surface area contributed by atoms with E-state index in [2.05, 4.69) is 55.6 Å². The number of hydrogen-bond acceptors (Lipinski definition) is 2. The zero-order valence-corrected chi connectivity index (χ0v) is 13.2. The van der Waals surface area contributed by atoms with Gasteiger partial charge in [-0.15, -0.1) is 11.3 Å². The first kappa shape index (κ1) is 13.8. The van der Waals surface area contributed by atoms with Gasteiger partial charge in [0.15, 0.2) is 0 Å². The Morgan fingerprint density at radius 2 is 2.00 bits per heavy atom. The van der Waals surface area contributed by atoms with Gasteiger partial charge in [0.1, 0.15) is 0 Å². The van der Waals surface area contributed by atoms with Crippen LogP contribution in [0.25, 0.3) is 0 Å². The molecule has 2 heteroatoms. The van der Waals surface area contributed by atoms with Gasteiger partial charge in [0.05, 0.1) is 0 Å². The number of nitrogens with one attached hydrogen (secondary N) is 1. The van der Waals surface area contributed by atoms with Gasteiger partial charge in [0.25, 0.3) is 0 Å². The summed E-state index contributed by atoms with van der Waals surface area (Å²) in [6, 6.07) is 13.4. The quantitative estimate of drug-likeness (QED) is 0.886. The molecular weight excluding hydrogens is 262 g/mol. The van der Waals surface area contributed by atoms with Gasteiger partial charge in [0, 0.05) is 9.75 Å². The van der Waals surface area contributed by atoms with Crippen LogP contribution in [0.1, 0.15) is 33.2 Å². The normalized spacial score (nSPS) is 22.9. The van der Waals surface area contributed by atoms with Crippen molar-refractivity contribution in [3.05, 3.63) is 57.3 Å². The maximum absolute atomic E-state index is 3.58. The molecule has 2 aromatic rings. The Hall–Kier alpha value is -1.12. The lowest BCUT2D eigenvalue weighted by atomic mass is 9.78. The molecule has 1 N–H and O–H groups in total. The van der Waals surface area contributed by atoms with Crippen molar-refractivity contribution in [1.82, 2.24) is 5.32 Å². The molecular formula is C18H23NS. The van der Waals surface area contributed by atoms with E-state index in [-0.39, 0.29) is 0 Å². The summed E-state index contributed by atoms with van der Waals surface area (Å²) in [5.74, 6) is 1.44. The molecule has 20 heavy (non-hydrogen) atoms. The minimum Gasteiger partial charge on any atom is -0.316 e. The smallest absolute Gasteiger partial charge is 0.00519 e. The molecule has 0 radical (unpaired) electrons. The molecule has 1 aliphatic rings. The third-order valence-corrected chi connectivity index (χ3v) is 5.41. The molecule has 1 fully saturated rings. The Balaban J connectivity index is 1.82. The third-order valence-electron chi connectivity index (χ3n) is 4.43. The summed E-state index contributed by atoms with van der Waals surface area (Å²) >= 11 is 1.95. The number of aryl methyl sites for hydroxylation is 2. The van der Waals surface area contributed by atoms with Crippen LogP contribution in [-0.2, 0) is 6.42 Å². The summed E-state index contributed by atoms with van der Waals surface area (Å²) in [5.41, 5.74) is 3.07. The van der Waals surface area contributed by atoms with Crippen molar-refractivity contribution in [3.8, 4) is 0 Å². The van der Waals surface area contributed by atoms with Crippen LogP contribution in [0.4, 0.5) is 0 Å². The van der Waals surface area contributed by atoms with Crippen molar-refractivity contribution in [3.63, 3.8) is 0 Å². The fourth-order valence-electron chi connectivity index (χ4n) is 3.48.